The van der Waals surface area contributed by atoms with Gasteiger partial charge >= 0.3 is 0 Å². The molecule has 104 valence electrons. The van der Waals surface area contributed by atoms with Crippen LogP contribution in [0.5, 0.6) is 0 Å². The Kier molecular flexibility index (Phi) is 3.53. The average molecular weight is 307 g/mol. The Bertz CT molecular complexity index is 748. The maximum atomic E-state index is 5.93. The molecule has 7 nitrogen and oxygen atoms in total. The second kappa shape index (κ2) is 5.33. The van der Waals surface area contributed by atoms with Crippen molar-refractivity contribution in [1.29, 1.82) is 0 Å². The van der Waals surface area contributed by atoms with Crippen LogP contribution in [0.2, 0.25) is 0 Å². The van der Waals surface area contributed by atoms with Gasteiger partial charge in [0.05, 0.1) is 17.3 Å². The topological polar surface area (TPSA) is 95.4 Å². The second-order valence-corrected chi connectivity index (χ2v) is 6.12. The minimum Gasteiger partial charge on any atom is -0.383 e. The third-order valence-electron chi connectivity index (χ3n) is 2.76. The van der Waals surface area contributed by atoms with Crippen molar-refractivity contribution in [3.05, 3.63) is 17.8 Å². The van der Waals surface area contributed by atoms with E-state index in [0.29, 0.717) is 17.4 Å². The zero-order valence-electron chi connectivity index (χ0n) is 11.1. The molecule has 3 rings (SSSR count). The Morgan fingerprint density at radius 3 is 2.90 bits per heavy atom. The summed E-state index contributed by atoms with van der Waals surface area (Å²) in [4.78, 5) is 13.2. The minimum absolute atomic E-state index is 0.463. The third kappa shape index (κ3) is 2.46. The van der Waals surface area contributed by atoms with Crippen LogP contribution < -0.4 is 5.73 Å². The SMILES string of the molecule is CCc1nsc(SCc2nc(N)c3cnn(C)c3n2)n1. The predicted molar refractivity (Wildman–Crippen MR) is 79.6 cm³/mol. The van der Waals surface area contributed by atoms with Gasteiger partial charge in [0.25, 0.3) is 0 Å². The fourth-order valence-corrected chi connectivity index (χ4v) is 3.27. The maximum absolute atomic E-state index is 5.93. The number of nitrogen functional groups attached to an aromatic ring is 1. The lowest BCUT2D eigenvalue weighted by molar-refractivity contribution is 0.782. The molecule has 0 atom stereocenters. The molecular formula is C11H13N7S2. The van der Waals surface area contributed by atoms with Crippen molar-refractivity contribution in [3.63, 3.8) is 0 Å². The van der Waals surface area contributed by atoms with Crippen LogP contribution in [0.3, 0.4) is 0 Å². The molecule has 2 N–H and O–H groups in total. The number of hydrogen-bond acceptors (Lipinski definition) is 8. The van der Waals surface area contributed by atoms with Gasteiger partial charge in [0.2, 0.25) is 0 Å². The highest BCUT2D eigenvalue weighted by atomic mass is 32.2. The third-order valence-corrected chi connectivity index (χ3v) is 4.63. The van der Waals surface area contributed by atoms with Crippen LogP contribution in [0.25, 0.3) is 11.0 Å². The Morgan fingerprint density at radius 1 is 1.30 bits per heavy atom. The first kappa shape index (κ1) is 13.3. The van der Waals surface area contributed by atoms with Gasteiger partial charge in [-0.05, 0) is 11.5 Å². The quantitative estimate of drug-likeness (QED) is 0.732. The molecule has 0 bridgehead atoms. The van der Waals surface area contributed by atoms with Gasteiger partial charge in [-0.1, -0.05) is 18.7 Å². The molecule has 3 aromatic heterocycles. The molecule has 0 aliphatic heterocycles. The first-order chi connectivity index (χ1) is 9.67. The molecule has 0 radical (unpaired) electrons. The van der Waals surface area contributed by atoms with Crippen molar-refractivity contribution in [3.8, 4) is 0 Å². The number of fused-ring (bicyclic) bond motifs is 1. The van der Waals surface area contributed by atoms with Gasteiger partial charge in [-0.25, -0.2) is 15.0 Å². The summed E-state index contributed by atoms with van der Waals surface area (Å²) in [6, 6.07) is 0. The van der Waals surface area contributed by atoms with Crippen LogP contribution in [0.4, 0.5) is 5.82 Å². The molecule has 3 heterocycles. The zero-order valence-corrected chi connectivity index (χ0v) is 12.7. The second-order valence-electron chi connectivity index (χ2n) is 4.15. The van der Waals surface area contributed by atoms with Gasteiger partial charge in [-0.3, -0.25) is 4.68 Å². The number of aromatic nitrogens is 6. The van der Waals surface area contributed by atoms with Crippen molar-refractivity contribution < 1.29 is 0 Å². The first-order valence-electron chi connectivity index (χ1n) is 6.07. The summed E-state index contributed by atoms with van der Waals surface area (Å²) in [6.45, 7) is 2.04. The molecule has 0 spiro atoms. The van der Waals surface area contributed by atoms with E-state index in [4.69, 9.17) is 5.73 Å². The van der Waals surface area contributed by atoms with Gasteiger partial charge in [-0.15, -0.1) is 0 Å². The van der Waals surface area contributed by atoms with E-state index in [0.717, 1.165) is 27.6 Å². The van der Waals surface area contributed by atoms with Crippen LogP contribution >= 0.6 is 23.3 Å². The molecular weight excluding hydrogens is 294 g/mol. The Balaban J connectivity index is 1.81. The summed E-state index contributed by atoms with van der Waals surface area (Å²) in [5, 5.41) is 4.92. The van der Waals surface area contributed by atoms with Crippen LogP contribution in [0.15, 0.2) is 10.5 Å². The Labute approximate surface area is 123 Å². The lowest BCUT2D eigenvalue weighted by Gasteiger charge is -2.01. The van der Waals surface area contributed by atoms with Crippen LogP contribution in [0.1, 0.15) is 18.6 Å². The lowest BCUT2D eigenvalue weighted by atomic mass is 10.4. The van der Waals surface area contributed by atoms with E-state index in [9.17, 15) is 0 Å². The van der Waals surface area contributed by atoms with E-state index < -0.39 is 0 Å². The largest absolute Gasteiger partial charge is 0.383 e. The zero-order chi connectivity index (χ0) is 14.1. The number of rotatable bonds is 4. The van der Waals surface area contributed by atoms with Gasteiger partial charge in [0.1, 0.15) is 17.5 Å². The number of nitrogens with two attached hydrogens (primary N) is 1. The van der Waals surface area contributed by atoms with Gasteiger partial charge in [0, 0.05) is 13.5 Å². The summed E-state index contributed by atoms with van der Waals surface area (Å²) in [6.07, 6.45) is 2.53. The summed E-state index contributed by atoms with van der Waals surface area (Å²) in [5.41, 5.74) is 6.68. The summed E-state index contributed by atoms with van der Waals surface area (Å²) in [5.74, 6) is 2.63. The van der Waals surface area contributed by atoms with Gasteiger partial charge in [0.15, 0.2) is 9.99 Å². The molecule has 3 aromatic rings. The van der Waals surface area contributed by atoms with E-state index in [1.54, 1.807) is 22.6 Å². The van der Waals surface area contributed by atoms with Crippen molar-refractivity contribution >= 4 is 40.1 Å². The molecule has 0 unspecified atom stereocenters. The fourth-order valence-electron chi connectivity index (χ4n) is 1.72. The average Bonchev–Trinajstić information content (AvgIpc) is 3.04. The van der Waals surface area contributed by atoms with Gasteiger partial charge in [-0.2, -0.15) is 9.47 Å². The molecule has 0 amide bonds. The van der Waals surface area contributed by atoms with E-state index >= 15 is 0 Å². The number of hydrogen-bond donors (Lipinski definition) is 1. The summed E-state index contributed by atoms with van der Waals surface area (Å²) >= 11 is 2.97. The van der Waals surface area contributed by atoms with Crippen molar-refractivity contribution in [1.82, 2.24) is 29.1 Å². The molecule has 9 heteroatoms. The molecule has 0 aliphatic carbocycles. The van der Waals surface area contributed by atoms with Gasteiger partial charge < -0.3 is 5.73 Å². The monoisotopic (exact) mass is 307 g/mol. The molecule has 0 fully saturated rings. The predicted octanol–water partition coefficient (Wildman–Crippen LogP) is 1.65. The molecule has 0 saturated heterocycles. The highest BCUT2D eigenvalue weighted by Crippen LogP contribution is 2.25. The molecule has 0 aliphatic rings. The summed E-state index contributed by atoms with van der Waals surface area (Å²) < 4.78 is 6.87. The van der Waals surface area contributed by atoms with Crippen molar-refractivity contribution in [2.45, 2.75) is 23.4 Å². The van der Waals surface area contributed by atoms with Crippen molar-refractivity contribution in [2.75, 3.05) is 5.73 Å². The first-order valence-corrected chi connectivity index (χ1v) is 7.82. The fraction of sp³-hybridized carbons (Fsp3) is 0.364. The number of anilines is 1. The number of thioether (sulfide) groups is 1. The normalized spacial score (nSPS) is 11.3. The maximum Gasteiger partial charge on any atom is 0.170 e. The Morgan fingerprint density at radius 2 is 2.15 bits per heavy atom. The van der Waals surface area contributed by atoms with E-state index in [-0.39, 0.29) is 0 Å². The Hall–Kier alpha value is -1.74. The van der Waals surface area contributed by atoms with Crippen LogP contribution in [-0.2, 0) is 19.2 Å². The highest BCUT2D eigenvalue weighted by molar-refractivity contribution is 8.00. The van der Waals surface area contributed by atoms with Crippen LogP contribution in [-0.4, -0.2) is 29.1 Å². The highest BCUT2D eigenvalue weighted by Gasteiger charge is 2.10. The van der Waals surface area contributed by atoms with Crippen LogP contribution in [0, 0.1) is 0 Å². The number of aryl methyl sites for hydroxylation is 2. The number of nitrogens with zero attached hydrogens (tertiary/aromatic N) is 6. The van der Waals surface area contributed by atoms with E-state index in [2.05, 4.69) is 24.4 Å². The van der Waals surface area contributed by atoms with E-state index in [1.165, 1.54) is 11.5 Å². The lowest BCUT2D eigenvalue weighted by Crippen LogP contribution is -2.01. The molecule has 0 aromatic carbocycles. The molecule has 20 heavy (non-hydrogen) atoms. The smallest absolute Gasteiger partial charge is 0.170 e. The summed E-state index contributed by atoms with van der Waals surface area (Å²) in [7, 11) is 1.84. The van der Waals surface area contributed by atoms with E-state index in [1.807, 2.05) is 14.0 Å². The minimum atomic E-state index is 0.463. The molecule has 0 saturated carbocycles. The van der Waals surface area contributed by atoms with Crippen molar-refractivity contribution in [2.24, 2.45) is 7.05 Å². The standard InChI is InChI=1S/C11H13N7S2/c1-3-7-16-11(20-17-7)19-5-8-14-9(12)6-4-13-18(2)10(6)15-8/h4H,3,5H2,1-2H3,(H2,12,14,15).